The highest BCUT2D eigenvalue weighted by molar-refractivity contribution is 8.00. The lowest BCUT2D eigenvalue weighted by Crippen LogP contribution is -2.47. The number of rotatable bonds is 4. The van der Waals surface area contributed by atoms with Gasteiger partial charge in [-0.15, -0.1) is 0 Å². The van der Waals surface area contributed by atoms with Gasteiger partial charge in [0, 0.05) is 29.1 Å². The first-order valence-electron chi connectivity index (χ1n) is 7.33. The first kappa shape index (κ1) is 13.7. The molecule has 1 heterocycles. The smallest absolute Gasteiger partial charge is 0.0199 e. The van der Waals surface area contributed by atoms with Crippen LogP contribution in [0.2, 0.25) is 0 Å². The molecule has 0 radical (unpaired) electrons. The van der Waals surface area contributed by atoms with E-state index in [1.165, 1.54) is 50.8 Å². The van der Waals surface area contributed by atoms with Crippen LogP contribution in [0.1, 0.15) is 52.4 Å². The molecule has 1 aliphatic carbocycles. The predicted octanol–water partition coefficient (Wildman–Crippen LogP) is 2.86. The fraction of sp³-hybridized carbons (Fsp3) is 1.00. The normalized spacial score (nSPS) is 38.8. The molecule has 0 aromatic heterocycles. The summed E-state index contributed by atoms with van der Waals surface area (Å²) in [6, 6.07) is 2.14. The van der Waals surface area contributed by atoms with Crippen LogP contribution in [-0.2, 0) is 0 Å². The number of hydrogen-bond acceptors (Lipinski definition) is 3. The average Bonchev–Trinajstić information content (AvgIpc) is 2.74. The van der Waals surface area contributed by atoms with Crippen molar-refractivity contribution in [2.75, 3.05) is 12.3 Å². The largest absolute Gasteiger partial charge is 0.328 e. The lowest BCUT2D eigenvalue weighted by molar-refractivity contribution is 0.108. The summed E-state index contributed by atoms with van der Waals surface area (Å²) in [6.07, 6.45) is 7.82. The quantitative estimate of drug-likeness (QED) is 0.838. The average molecular weight is 256 g/mol. The van der Waals surface area contributed by atoms with Gasteiger partial charge in [0.2, 0.25) is 0 Å². The molecule has 0 amide bonds. The molecule has 2 fully saturated rings. The van der Waals surface area contributed by atoms with Crippen molar-refractivity contribution in [3.63, 3.8) is 0 Å². The molecule has 2 unspecified atom stereocenters. The van der Waals surface area contributed by atoms with E-state index >= 15 is 0 Å². The molecule has 1 aliphatic heterocycles. The van der Waals surface area contributed by atoms with Gasteiger partial charge in [0.15, 0.2) is 0 Å². The summed E-state index contributed by atoms with van der Waals surface area (Å²) in [7, 11) is 0. The fourth-order valence-electron chi connectivity index (χ4n) is 3.38. The van der Waals surface area contributed by atoms with E-state index in [9.17, 15) is 0 Å². The standard InChI is InChI=1S/C14H28N2S/c1-3-8-16(14-9-11(2)17-10-14)13-6-4-12(15)5-7-13/h11-14H,3-10,15H2,1-2H3. The van der Waals surface area contributed by atoms with E-state index in [0.717, 1.165) is 17.3 Å². The van der Waals surface area contributed by atoms with Crippen molar-refractivity contribution in [1.82, 2.24) is 4.90 Å². The zero-order chi connectivity index (χ0) is 12.3. The minimum Gasteiger partial charge on any atom is -0.328 e. The molecule has 0 spiro atoms. The van der Waals surface area contributed by atoms with Crippen LogP contribution in [0.4, 0.5) is 0 Å². The van der Waals surface area contributed by atoms with E-state index in [1.807, 2.05) is 0 Å². The van der Waals surface area contributed by atoms with Crippen molar-refractivity contribution >= 4 is 11.8 Å². The summed E-state index contributed by atoms with van der Waals surface area (Å²) in [4.78, 5) is 2.82. The summed E-state index contributed by atoms with van der Waals surface area (Å²) in [6.45, 7) is 5.98. The Balaban J connectivity index is 1.91. The second-order valence-corrected chi connectivity index (χ2v) is 7.31. The van der Waals surface area contributed by atoms with Crippen molar-refractivity contribution < 1.29 is 0 Å². The molecular weight excluding hydrogens is 228 g/mol. The maximum atomic E-state index is 6.02. The van der Waals surface area contributed by atoms with Gasteiger partial charge in [0.25, 0.3) is 0 Å². The van der Waals surface area contributed by atoms with Gasteiger partial charge in [0.05, 0.1) is 0 Å². The molecule has 2 nitrogen and oxygen atoms in total. The van der Waals surface area contributed by atoms with Crippen LogP contribution in [0.25, 0.3) is 0 Å². The van der Waals surface area contributed by atoms with Gasteiger partial charge in [-0.2, -0.15) is 11.8 Å². The first-order chi connectivity index (χ1) is 8.20. The van der Waals surface area contributed by atoms with Crippen LogP contribution in [0.15, 0.2) is 0 Å². The van der Waals surface area contributed by atoms with Crippen molar-refractivity contribution in [3.05, 3.63) is 0 Å². The molecular formula is C14H28N2S. The lowest BCUT2D eigenvalue weighted by Gasteiger charge is -2.39. The van der Waals surface area contributed by atoms with Gasteiger partial charge >= 0.3 is 0 Å². The minimum atomic E-state index is 0.478. The third-order valence-corrected chi connectivity index (χ3v) is 5.68. The van der Waals surface area contributed by atoms with Gasteiger partial charge in [-0.3, -0.25) is 4.90 Å². The number of nitrogens with zero attached hydrogens (tertiary/aromatic N) is 1. The minimum absolute atomic E-state index is 0.478. The summed E-state index contributed by atoms with van der Waals surface area (Å²) in [5, 5.41) is 0.866. The monoisotopic (exact) mass is 256 g/mol. The SMILES string of the molecule is CCCN(C1CCC(N)CC1)C1CSC(C)C1. The molecule has 1 saturated carbocycles. The van der Waals surface area contributed by atoms with Crippen LogP contribution in [0.5, 0.6) is 0 Å². The molecule has 2 N–H and O–H groups in total. The van der Waals surface area contributed by atoms with Crippen molar-refractivity contribution in [1.29, 1.82) is 0 Å². The number of thioether (sulfide) groups is 1. The Morgan fingerprint density at radius 1 is 1.18 bits per heavy atom. The highest BCUT2D eigenvalue weighted by Crippen LogP contribution is 2.33. The molecule has 1 saturated heterocycles. The zero-order valence-corrected chi connectivity index (χ0v) is 12.2. The van der Waals surface area contributed by atoms with Crippen LogP contribution >= 0.6 is 11.8 Å². The van der Waals surface area contributed by atoms with Crippen LogP contribution < -0.4 is 5.73 Å². The predicted molar refractivity (Wildman–Crippen MR) is 77.6 cm³/mol. The van der Waals surface area contributed by atoms with Crippen LogP contribution in [0.3, 0.4) is 0 Å². The molecule has 100 valence electrons. The van der Waals surface area contributed by atoms with Crippen molar-refractivity contribution in [2.45, 2.75) is 75.7 Å². The van der Waals surface area contributed by atoms with E-state index < -0.39 is 0 Å². The van der Waals surface area contributed by atoms with E-state index in [-0.39, 0.29) is 0 Å². The van der Waals surface area contributed by atoms with E-state index in [4.69, 9.17) is 5.73 Å². The lowest BCUT2D eigenvalue weighted by atomic mass is 9.89. The highest BCUT2D eigenvalue weighted by atomic mass is 32.2. The van der Waals surface area contributed by atoms with Gasteiger partial charge in [0.1, 0.15) is 0 Å². The van der Waals surface area contributed by atoms with Crippen molar-refractivity contribution in [3.8, 4) is 0 Å². The maximum Gasteiger partial charge on any atom is 0.0199 e. The summed E-state index contributed by atoms with van der Waals surface area (Å²) < 4.78 is 0. The fourth-order valence-corrected chi connectivity index (χ4v) is 4.62. The molecule has 2 atom stereocenters. The third-order valence-electron chi connectivity index (χ3n) is 4.34. The Kier molecular flexibility index (Phi) is 5.19. The number of nitrogens with two attached hydrogens (primary N) is 1. The summed E-state index contributed by atoms with van der Waals surface area (Å²) in [5.41, 5.74) is 6.02. The van der Waals surface area contributed by atoms with Gasteiger partial charge < -0.3 is 5.73 Å². The Bertz CT molecular complexity index is 226. The van der Waals surface area contributed by atoms with Crippen molar-refractivity contribution in [2.24, 2.45) is 5.73 Å². The summed E-state index contributed by atoms with van der Waals surface area (Å²) >= 11 is 2.16. The van der Waals surface area contributed by atoms with E-state index in [0.29, 0.717) is 6.04 Å². The Labute approximate surface area is 111 Å². The van der Waals surface area contributed by atoms with Gasteiger partial charge in [-0.05, 0) is 45.1 Å². The third kappa shape index (κ3) is 3.62. The second-order valence-electron chi connectivity index (χ2n) is 5.84. The zero-order valence-electron chi connectivity index (χ0n) is 11.4. The first-order valence-corrected chi connectivity index (χ1v) is 8.38. The molecule has 2 aliphatic rings. The van der Waals surface area contributed by atoms with Gasteiger partial charge in [-0.25, -0.2) is 0 Å². The molecule has 3 heteroatoms. The van der Waals surface area contributed by atoms with Crippen LogP contribution in [-0.4, -0.2) is 40.6 Å². The Hall–Kier alpha value is 0.270. The molecule has 2 rings (SSSR count). The highest BCUT2D eigenvalue weighted by Gasteiger charge is 2.32. The van der Waals surface area contributed by atoms with Gasteiger partial charge in [-0.1, -0.05) is 13.8 Å². The molecule has 17 heavy (non-hydrogen) atoms. The topological polar surface area (TPSA) is 29.3 Å². The molecule has 0 bridgehead atoms. The molecule has 0 aromatic carbocycles. The molecule has 0 aromatic rings. The maximum absolute atomic E-state index is 6.02. The second kappa shape index (κ2) is 6.44. The van der Waals surface area contributed by atoms with E-state index in [1.54, 1.807) is 0 Å². The number of hydrogen-bond donors (Lipinski definition) is 1. The Morgan fingerprint density at radius 2 is 1.88 bits per heavy atom. The Morgan fingerprint density at radius 3 is 2.41 bits per heavy atom. The van der Waals surface area contributed by atoms with E-state index in [2.05, 4.69) is 30.5 Å². The van der Waals surface area contributed by atoms with Crippen LogP contribution in [0, 0.1) is 0 Å². The summed E-state index contributed by atoms with van der Waals surface area (Å²) in [5.74, 6) is 1.35.